The van der Waals surface area contributed by atoms with Gasteiger partial charge in [0.05, 0.1) is 0 Å². The quantitative estimate of drug-likeness (QED) is 0.479. The Balaban J connectivity index is -0.0000000377. The van der Waals surface area contributed by atoms with Crippen LogP contribution >= 0.6 is 0 Å². The third kappa shape index (κ3) is 196. The summed E-state index contributed by atoms with van der Waals surface area (Å²) in [5, 5.41) is 0. The second-order valence-electron chi connectivity index (χ2n) is 3.86. The molecule has 0 aromatic rings. The minimum absolute atomic E-state index is 0.884. The van der Waals surface area contributed by atoms with E-state index in [0.717, 1.165) is 5.92 Å². The van der Waals surface area contributed by atoms with Gasteiger partial charge in [-0.25, -0.2) is 0 Å². The standard InChI is InChI=1S/2C5H12.C3H8.2C2H6/c1-4-5(2)3;1-3-5-4-2;1-3-2;2*1-2/h5H,4H2,1-3H3;3-5H2,1-2H3;3H2,1-2H3;2*1-2H3. The van der Waals surface area contributed by atoms with E-state index in [4.69, 9.17) is 0 Å². The molecule has 0 amide bonds. The molecule has 0 aliphatic rings. The molecule has 0 aromatic carbocycles. The van der Waals surface area contributed by atoms with Crippen LogP contribution in [-0.4, -0.2) is 0 Å². The van der Waals surface area contributed by atoms with Gasteiger partial charge in [-0.3, -0.25) is 0 Å². The largest absolute Gasteiger partial charge is 0.0683 e. The van der Waals surface area contributed by atoms with Crippen LogP contribution in [0.3, 0.4) is 0 Å². The predicted octanol–water partition coefficient (Wildman–Crippen LogP) is 7.72. The van der Waals surface area contributed by atoms with Crippen molar-refractivity contribution in [3.63, 3.8) is 0 Å². The first-order chi connectivity index (χ1) is 8.10. The van der Waals surface area contributed by atoms with Crippen molar-refractivity contribution in [2.24, 2.45) is 5.92 Å². The lowest BCUT2D eigenvalue weighted by Crippen LogP contribution is -1.77. The summed E-state index contributed by atoms with van der Waals surface area (Å²) in [6.45, 7) is 23.3. The fraction of sp³-hybridized carbons (Fsp3) is 1.00. The normalized spacial score (nSPS) is 7.06. The summed E-state index contributed by atoms with van der Waals surface area (Å²) in [6.07, 6.45) is 6.63. The molecular formula is C17H44. The van der Waals surface area contributed by atoms with Gasteiger partial charge in [0.1, 0.15) is 0 Å². The summed E-state index contributed by atoms with van der Waals surface area (Å²) in [5.74, 6) is 0.884. The van der Waals surface area contributed by atoms with Crippen LogP contribution in [0.25, 0.3) is 0 Å². The molecule has 112 valence electrons. The Labute approximate surface area is 115 Å². The van der Waals surface area contributed by atoms with Crippen LogP contribution in [-0.2, 0) is 0 Å². The zero-order valence-electron chi connectivity index (χ0n) is 15.1. The average Bonchev–Trinajstić information content (AvgIpc) is 2.37. The van der Waals surface area contributed by atoms with Crippen molar-refractivity contribution in [1.82, 2.24) is 0 Å². The topological polar surface area (TPSA) is 0 Å². The zero-order valence-corrected chi connectivity index (χ0v) is 15.1. The maximum Gasteiger partial charge on any atom is -0.0474 e. The van der Waals surface area contributed by atoms with E-state index in [-0.39, 0.29) is 0 Å². The molecule has 0 aliphatic heterocycles. The summed E-state index contributed by atoms with van der Waals surface area (Å²) in [5.41, 5.74) is 0. The van der Waals surface area contributed by atoms with Crippen LogP contribution in [0.1, 0.15) is 108 Å². The van der Waals surface area contributed by atoms with Crippen LogP contribution in [0, 0.1) is 5.92 Å². The molecule has 0 saturated carbocycles. The molecule has 0 fully saturated rings. The fourth-order valence-corrected chi connectivity index (χ4v) is 0.354. The van der Waals surface area contributed by atoms with Crippen molar-refractivity contribution in [2.75, 3.05) is 0 Å². The van der Waals surface area contributed by atoms with Crippen LogP contribution in [0.15, 0.2) is 0 Å². The first kappa shape index (κ1) is 30.2. The van der Waals surface area contributed by atoms with E-state index in [1.807, 2.05) is 27.7 Å². The minimum Gasteiger partial charge on any atom is -0.0683 e. The van der Waals surface area contributed by atoms with Crippen LogP contribution in [0.2, 0.25) is 0 Å². The molecular weight excluding hydrogens is 204 g/mol. The van der Waals surface area contributed by atoms with Gasteiger partial charge >= 0.3 is 0 Å². The summed E-state index contributed by atoms with van der Waals surface area (Å²) in [7, 11) is 0. The molecule has 0 radical (unpaired) electrons. The summed E-state index contributed by atoms with van der Waals surface area (Å²) in [6, 6.07) is 0. The third-order valence-electron chi connectivity index (χ3n) is 1.52. The number of rotatable bonds is 3. The number of hydrogen-bond donors (Lipinski definition) is 0. The summed E-state index contributed by atoms with van der Waals surface area (Å²) >= 11 is 0. The smallest absolute Gasteiger partial charge is 0.0474 e. The molecule has 17 heavy (non-hydrogen) atoms. The molecule has 0 N–H and O–H groups in total. The van der Waals surface area contributed by atoms with E-state index in [1.165, 1.54) is 32.1 Å². The average molecular weight is 249 g/mol. The van der Waals surface area contributed by atoms with Gasteiger partial charge in [-0.05, 0) is 5.92 Å². The van der Waals surface area contributed by atoms with Gasteiger partial charge in [0.2, 0.25) is 0 Å². The van der Waals surface area contributed by atoms with E-state index in [0.29, 0.717) is 0 Å². The highest BCUT2D eigenvalue weighted by Gasteiger charge is 1.80. The van der Waals surface area contributed by atoms with E-state index in [9.17, 15) is 0 Å². The minimum atomic E-state index is 0.884. The molecule has 0 rings (SSSR count). The Hall–Kier alpha value is 0. The van der Waals surface area contributed by atoms with Crippen molar-refractivity contribution >= 4 is 0 Å². The van der Waals surface area contributed by atoms with Gasteiger partial charge in [0, 0.05) is 0 Å². The van der Waals surface area contributed by atoms with Gasteiger partial charge in [0.15, 0.2) is 0 Å². The van der Waals surface area contributed by atoms with Crippen LogP contribution in [0.5, 0.6) is 0 Å². The molecule has 0 aromatic heterocycles. The second kappa shape index (κ2) is 56.2. The molecule has 0 unspecified atom stereocenters. The second-order valence-corrected chi connectivity index (χ2v) is 3.86. The van der Waals surface area contributed by atoms with Crippen molar-refractivity contribution in [2.45, 2.75) is 108 Å². The number of unbranched alkanes of at least 4 members (excludes halogenated alkanes) is 2. The summed E-state index contributed by atoms with van der Waals surface area (Å²) in [4.78, 5) is 0. The van der Waals surface area contributed by atoms with Gasteiger partial charge in [-0.2, -0.15) is 0 Å². The Kier molecular flexibility index (Phi) is 100. The van der Waals surface area contributed by atoms with E-state index >= 15 is 0 Å². The van der Waals surface area contributed by atoms with Gasteiger partial charge in [-0.1, -0.05) is 108 Å². The fourth-order valence-electron chi connectivity index (χ4n) is 0.354. The number of hydrogen-bond acceptors (Lipinski definition) is 0. The van der Waals surface area contributed by atoms with E-state index in [2.05, 4.69) is 48.5 Å². The van der Waals surface area contributed by atoms with Crippen molar-refractivity contribution in [3.05, 3.63) is 0 Å². The molecule has 0 heteroatoms. The SMILES string of the molecule is CC.CC.CCC.CCC(C)C.CCCCC. The first-order valence-corrected chi connectivity index (χ1v) is 8.10. The van der Waals surface area contributed by atoms with Crippen molar-refractivity contribution in [1.29, 1.82) is 0 Å². The lowest BCUT2D eigenvalue weighted by atomic mass is 10.2. The highest BCUT2D eigenvalue weighted by Crippen LogP contribution is 1.93. The molecule has 0 saturated heterocycles. The van der Waals surface area contributed by atoms with Gasteiger partial charge in [0.25, 0.3) is 0 Å². The van der Waals surface area contributed by atoms with E-state index in [1.54, 1.807) is 0 Å². The van der Waals surface area contributed by atoms with Crippen LogP contribution < -0.4 is 0 Å². The molecule has 0 aliphatic carbocycles. The Morgan fingerprint density at radius 1 is 0.647 bits per heavy atom. The maximum absolute atomic E-state index is 2.22. The van der Waals surface area contributed by atoms with Crippen molar-refractivity contribution in [3.8, 4) is 0 Å². The molecule has 0 atom stereocenters. The Morgan fingerprint density at radius 2 is 0.824 bits per heavy atom. The van der Waals surface area contributed by atoms with Gasteiger partial charge < -0.3 is 0 Å². The monoisotopic (exact) mass is 248 g/mol. The van der Waals surface area contributed by atoms with Crippen molar-refractivity contribution < 1.29 is 0 Å². The first-order valence-electron chi connectivity index (χ1n) is 8.10. The Morgan fingerprint density at radius 3 is 0.824 bits per heavy atom. The van der Waals surface area contributed by atoms with Gasteiger partial charge in [-0.15, -0.1) is 0 Å². The zero-order chi connectivity index (χ0) is 15.1. The lowest BCUT2D eigenvalue weighted by molar-refractivity contribution is 0.626. The van der Waals surface area contributed by atoms with Crippen LogP contribution in [0.4, 0.5) is 0 Å². The third-order valence-corrected chi connectivity index (χ3v) is 1.52. The molecule has 0 nitrogen and oxygen atoms in total. The Bertz CT molecular complexity index is 44.0. The predicted molar refractivity (Wildman–Crippen MR) is 89.0 cm³/mol. The highest BCUT2D eigenvalue weighted by atomic mass is 13.9. The molecule has 0 bridgehead atoms. The molecule has 0 heterocycles. The highest BCUT2D eigenvalue weighted by molar-refractivity contribution is 4.32. The summed E-state index contributed by atoms with van der Waals surface area (Å²) < 4.78 is 0. The molecule has 0 spiro atoms. The lowest BCUT2D eigenvalue weighted by Gasteiger charge is -1.90. The van der Waals surface area contributed by atoms with E-state index < -0.39 is 0 Å². The maximum atomic E-state index is 2.22.